The largest absolute Gasteiger partial charge is 0.0654 e. The Kier molecular flexibility index (Phi) is 10.6. The molecule has 0 aliphatic heterocycles. The lowest BCUT2D eigenvalue weighted by Gasteiger charge is -2.19. The van der Waals surface area contributed by atoms with Crippen molar-refractivity contribution >= 4 is 45.2 Å². The van der Waals surface area contributed by atoms with E-state index >= 15 is 0 Å². The van der Waals surface area contributed by atoms with Crippen LogP contribution in [0.3, 0.4) is 0 Å². The molecule has 2 heteroatoms. The van der Waals surface area contributed by atoms with Gasteiger partial charge in [-0.15, -0.1) is 0 Å². The lowest BCUT2D eigenvalue weighted by atomic mass is 9.88. The average Bonchev–Trinajstić information content (AvgIpc) is 2.42. The van der Waals surface area contributed by atoms with E-state index in [4.69, 9.17) is 0 Å². The molecular formula is C18H28I2. The van der Waals surface area contributed by atoms with E-state index in [2.05, 4.69) is 77.2 Å². The molecule has 0 amide bonds. The van der Waals surface area contributed by atoms with Crippen LogP contribution in [0.1, 0.15) is 83.1 Å². The highest BCUT2D eigenvalue weighted by Gasteiger charge is 2.14. The van der Waals surface area contributed by atoms with Crippen LogP contribution in [0, 0.1) is 7.14 Å². The van der Waals surface area contributed by atoms with Crippen molar-refractivity contribution in [2.45, 2.75) is 77.6 Å². The van der Waals surface area contributed by atoms with Gasteiger partial charge in [-0.2, -0.15) is 0 Å². The molecule has 0 nitrogen and oxygen atoms in total. The fourth-order valence-electron chi connectivity index (χ4n) is 2.75. The van der Waals surface area contributed by atoms with Crippen molar-refractivity contribution in [3.05, 3.63) is 30.9 Å². The summed E-state index contributed by atoms with van der Waals surface area (Å²) in [6, 6.07) is 6.98. The van der Waals surface area contributed by atoms with E-state index in [1.165, 1.54) is 64.9 Å². The van der Waals surface area contributed by atoms with Gasteiger partial charge >= 0.3 is 0 Å². The molecule has 1 atom stereocenters. The number of benzene rings is 1. The second-order valence-electron chi connectivity index (χ2n) is 5.71. The van der Waals surface area contributed by atoms with Gasteiger partial charge in [-0.1, -0.05) is 64.9 Å². The summed E-state index contributed by atoms with van der Waals surface area (Å²) in [5.41, 5.74) is 1.60. The first kappa shape index (κ1) is 18.7. The smallest absolute Gasteiger partial charge is 0.0175 e. The number of unbranched alkanes of at least 4 members (excludes halogenated alkanes) is 5. The van der Waals surface area contributed by atoms with Gasteiger partial charge in [0.2, 0.25) is 0 Å². The van der Waals surface area contributed by atoms with Gasteiger partial charge in [-0.05, 0) is 81.6 Å². The van der Waals surface area contributed by atoms with Crippen LogP contribution in [0.5, 0.6) is 0 Å². The first-order valence-electron chi connectivity index (χ1n) is 8.14. The monoisotopic (exact) mass is 498 g/mol. The molecule has 0 bridgehead atoms. The van der Waals surface area contributed by atoms with Crippen molar-refractivity contribution in [2.75, 3.05) is 0 Å². The maximum absolute atomic E-state index is 2.53. The summed E-state index contributed by atoms with van der Waals surface area (Å²) in [6.45, 7) is 4.59. The maximum Gasteiger partial charge on any atom is 0.0175 e. The number of hydrogen-bond donors (Lipinski definition) is 0. The van der Waals surface area contributed by atoms with E-state index in [9.17, 15) is 0 Å². The fraction of sp³-hybridized carbons (Fsp3) is 0.667. The molecule has 0 saturated carbocycles. The molecule has 0 fully saturated rings. The zero-order valence-corrected chi connectivity index (χ0v) is 17.2. The molecule has 0 spiro atoms. The Bertz CT molecular complexity index is 374. The zero-order chi connectivity index (χ0) is 14.8. The first-order valence-corrected chi connectivity index (χ1v) is 10.3. The third-order valence-electron chi connectivity index (χ3n) is 3.96. The van der Waals surface area contributed by atoms with Crippen molar-refractivity contribution in [1.82, 2.24) is 0 Å². The van der Waals surface area contributed by atoms with Crippen LogP contribution in [0.2, 0.25) is 0 Å². The second-order valence-corrected chi connectivity index (χ2v) is 8.12. The second kappa shape index (κ2) is 11.3. The molecule has 0 aliphatic carbocycles. The molecule has 1 unspecified atom stereocenters. The van der Waals surface area contributed by atoms with E-state index in [1.54, 1.807) is 5.56 Å². The maximum atomic E-state index is 2.53. The summed E-state index contributed by atoms with van der Waals surface area (Å²) < 4.78 is 2.82. The van der Waals surface area contributed by atoms with Crippen LogP contribution >= 0.6 is 45.2 Å². The Morgan fingerprint density at radius 3 is 2.05 bits per heavy atom. The Morgan fingerprint density at radius 2 is 1.45 bits per heavy atom. The molecule has 1 aromatic rings. The van der Waals surface area contributed by atoms with E-state index in [0.717, 1.165) is 5.92 Å². The van der Waals surface area contributed by atoms with Gasteiger partial charge in [-0.25, -0.2) is 0 Å². The van der Waals surface area contributed by atoms with Crippen LogP contribution in [-0.4, -0.2) is 0 Å². The van der Waals surface area contributed by atoms with Gasteiger partial charge in [-0.3, -0.25) is 0 Å². The number of halogens is 2. The number of hydrogen-bond acceptors (Lipinski definition) is 0. The quantitative estimate of drug-likeness (QED) is 0.231. The standard InChI is InChI=1S/C18H28I2/c1-3-5-7-9-11-15(10-8-6-4-2)17-13-12-16(19)14-18(17)20/h12-15H,3-11H2,1-2H3. The molecule has 0 aromatic heterocycles. The van der Waals surface area contributed by atoms with Crippen molar-refractivity contribution in [3.8, 4) is 0 Å². The van der Waals surface area contributed by atoms with Crippen molar-refractivity contribution in [3.63, 3.8) is 0 Å². The highest BCUT2D eigenvalue weighted by atomic mass is 127. The normalized spacial score (nSPS) is 12.6. The first-order chi connectivity index (χ1) is 9.69. The lowest BCUT2D eigenvalue weighted by Crippen LogP contribution is -2.02. The Hall–Kier alpha value is 0.680. The van der Waals surface area contributed by atoms with Crippen molar-refractivity contribution in [2.24, 2.45) is 0 Å². The summed E-state index contributed by atoms with van der Waals surface area (Å²) in [6.07, 6.45) is 12.4. The van der Waals surface area contributed by atoms with Gasteiger partial charge < -0.3 is 0 Å². The van der Waals surface area contributed by atoms with Gasteiger partial charge in [0.25, 0.3) is 0 Å². The van der Waals surface area contributed by atoms with Crippen molar-refractivity contribution in [1.29, 1.82) is 0 Å². The summed E-state index contributed by atoms with van der Waals surface area (Å²) in [5, 5.41) is 0. The van der Waals surface area contributed by atoms with Crippen LogP contribution in [0.25, 0.3) is 0 Å². The van der Waals surface area contributed by atoms with E-state index in [-0.39, 0.29) is 0 Å². The molecular weight excluding hydrogens is 470 g/mol. The minimum atomic E-state index is 0.780. The highest BCUT2D eigenvalue weighted by Crippen LogP contribution is 2.32. The third-order valence-corrected chi connectivity index (χ3v) is 5.57. The molecule has 1 aromatic carbocycles. The van der Waals surface area contributed by atoms with Gasteiger partial charge in [0.05, 0.1) is 0 Å². The topological polar surface area (TPSA) is 0 Å². The molecule has 0 N–H and O–H groups in total. The van der Waals surface area contributed by atoms with Crippen molar-refractivity contribution < 1.29 is 0 Å². The zero-order valence-electron chi connectivity index (χ0n) is 12.9. The predicted octanol–water partition coefficient (Wildman–Crippen LogP) is 7.53. The number of rotatable bonds is 10. The van der Waals surface area contributed by atoms with Crippen LogP contribution in [-0.2, 0) is 0 Å². The Labute approximate surface area is 152 Å². The third kappa shape index (κ3) is 7.10. The van der Waals surface area contributed by atoms with Gasteiger partial charge in [0.15, 0.2) is 0 Å². The Morgan fingerprint density at radius 1 is 0.850 bits per heavy atom. The van der Waals surface area contributed by atoms with Crippen LogP contribution in [0.15, 0.2) is 18.2 Å². The predicted molar refractivity (Wildman–Crippen MR) is 108 cm³/mol. The molecule has 20 heavy (non-hydrogen) atoms. The van der Waals surface area contributed by atoms with Gasteiger partial charge in [0.1, 0.15) is 0 Å². The van der Waals surface area contributed by atoms with Crippen LogP contribution in [0.4, 0.5) is 0 Å². The Balaban J connectivity index is 2.64. The fourth-order valence-corrected chi connectivity index (χ4v) is 4.79. The van der Waals surface area contributed by atoms with Crippen LogP contribution < -0.4 is 0 Å². The van der Waals surface area contributed by atoms with E-state index in [0.29, 0.717) is 0 Å². The van der Waals surface area contributed by atoms with E-state index < -0.39 is 0 Å². The molecule has 114 valence electrons. The minimum Gasteiger partial charge on any atom is -0.0654 e. The molecule has 1 rings (SSSR count). The highest BCUT2D eigenvalue weighted by molar-refractivity contribution is 14.1. The van der Waals surface area contributed by atoms with E-state index in [1.807, 2.05) is 0 Å². The molecule has 0 saturated heterocycles. The minimum absolute atomic E-state index is 0.780. The average molecular weight is 498 g/mol. The molecule has 0 radical (unpaired) electrons. The summed E-state index contributed by atoms with van der Waals surface area (Å²) >= 11 is 4.94. The SMILES string of the molecule is CCCCCCC(CCCCC)c1ccc(I)cc1I. The molecule has 0 heterocycles. The summed E-state index contributed by atoms with van der Waals surface area (Å²) in [5.74, 6) is 0.780. The summed E-state index contributed by atoms with van der Waals surface area (Å²) in [7, 11) is 0. The molecule has 0 aliphatic rings. The van der Waals surface area contributed by atoms with Gasteiger partial charge in [0, 0.05) is 7.14 Å². The lowest BCUT2D eigenvalue weighted by molar-refractivity contribution is 0.500. The summed E-state index contributed by atoms with van der Waals surface area (Å²) in [4.78, 5) is 0.